The number of hydrogen-bond acceptors (Lipinski definition) is 4. The highest BCUT2D eigenvalue weighted by Crippen LogP contribution is 2.45. The fourth-order valence-corrected chi connectivity index (χ4v) is 1.33. The van der Waals surface area contributed by atoms with Gasteiger partial charge in [0.2, 0.25) is 11.5 Å². The smallest absolute Gasteiger partial charge is 0.207 e. The predicted octanol–water partition coefficient (Wildman–Crippen LogP) is 2.06. The minimum absolute atomic E-state index is 0.0811. The van der Waals surface area contributed by atoms with Crippen molar-refractivity contribution in [3.63, 3.8) is 0 Å². The van der Waals surface area contributed by atoms with Crippen LogP contribution < -0.4 is 14.2 Å². The molecule has 0 saturated carbocycles. The van der Waals surface area contributed by atoms with Crippen LogP contribution in [0.1, 0.15) is 5.56 Å². The molecule has 82 valence electrons. The van der Waals surface area contributed by atoms with Gasteiger partial charge in [0.25, 0.3) is 0 Å². The van der Waals surface area contributed by atoms with Gasteiger partial charge >= 0.3 is 0 Å². The lowest BCUT2D eigenvalue weighted by atomic mass is 10.1. The van der Waals surface area contributed by atoms with E-state index in [-0.39, 0.29) is 11.5 Å². The van der Waals surface area contributed by atoms with Crippen molar-refractivity contribution < 1.29 is 19.3 Å². The highest BCUT2D eigenvalue weighted by molar-refractivity contribution is 5.69. The molecule has 15 heavy (non-hydrogen) atoms. The number of ether oxygens (including phenoxy) is 3. The second kappa shape index (κ2) is 4.59. The van der Waals surface area contributed by atoms with E-state index in [2.05, 4.69) is 6.58 Å². The number of rotatable bonds is 4. The molecule has 0 aliphatic heterocycles. The van der Waals surface area contributed by atoms with Crippen LogP contribution in [-0.4, -0.2) is 26.4 Å². The Morgan fingerprint density at radius 2 is 1.73 bits per heavy atom. The molecule has 4 nitrogen and oxygen atoms in total. The molecule has 0 bridgehead atoms. The van der Waals surface area contributed by atoms with Crippen molar-refractivity contribution in [2.24, 2.45) is 0 Å². The average Bonchev–Trinajstić information content (AvgIpc) is 2.28. The van der Waals surface area contributed by atoms with E-state index in [4.69, 9.17) is 14.2 Å². The lowest BCUT2D eigenvalue weighted by molar-refractivity contribution is 0.315. The summed E-state index contributed by atoms with van der Waals surface area (Å²) in [5.41, 5.74) is 0.698. The van der Waals surface area contributed by atoms with E-state index in [1.165, 1.54) is 21.3 Å². The van der Waals surface area contributed by atoms with Gasteiger partial charge in [0, 0.05) is 5.56 Å². The van der Waals surface area contributed by atoms with Crippen molar-refractivity contribution in [3.05, 3.63) is 18.2 Å². The van der Waals surface area contributed by atoms with Gasteiger partial charge in [0.05, 0.1) is 21.3 Å². The maximum absolute atomic E-state index is 9.76. The van der Waals surface area contributed by atoms with Gasteiger partial charge < -0.3 is 19.3 Å². The third-order valence-electron chi connectivity index (χ3n) is 2.05. The first-order valence-corrected chi connectivity index (χ1v) is 4.33. The van der Waals surface area contributed by atoms with E-state index < -0.39 is 0 Å². The minimum atomic E-state index is -0.0811. The van der Waals surface area contributed by atoms with Gasteiger partial charge in [-0.1, -0.05) is 12.7 Å². The molecule has 0 aliphatic carbocycles. The Bertz CT molecular complexity index is 371. The summed E-state index contributed by atoms with van der Waals surface area (Å²) in [6.07, 6.45) is 1.60. The van der Waals surface area contributed by atoms with E-state index in [0.717, 1.165) is 0 Å². The molecule has 0 fully saturated rings. The van der Waals surface area contributed by atoms with Crippen molar-refractivity contribution in [1.82, 2.24) is 0 Å². The van der Waals surface area contributed by atoms with Crippen LogP contribution >= 0.6 is 0 Å². The van der Waals surface area contributed by atoms with Crippen molar-refractivity contribution in [2.75, 3.05) is 21.3 Å². The van der Waals surface area contributed by atoms with E-state index in [0.29, 0.717) is 17.1 Å². The summed E-state index contributed by atoms with van der Waals surface area (Å²) in [6.45, 7) is 3.65. The maximum Gasteiger partial charge on any atom is 0.207 e. The zero-order chi connectivity index (χ0) is 11.4. The Hall–Kier alpha value is -1.84. The third kappa shape index (κ3) is 1.83. The molecule has 4 heteroatoms. The topological polar surface area (TPSA) is 47.9 Å². The summed E-state index contributed by atoms with van der Waals surface area (Å²) in [7, 11) is 4.41. The van der Waals surface area contributed by atoms with E-state index in [1.54, 1.807) is 12.1 Å². The SMILES string of the molecule is C=Cc1cc(OC)c(O)c(OC)c1OC. The quantitative estimate of drug-likeness (QED) is 0.826. The maximum atomic E-state index is 9.76. The van der Waals surface area contributed by atoms with Crippen LogP contribution in [-0.2, 0) is 0 Å². The Labute approximate surface area is 88.7 Å². The third-order valence-corrected chi connectivity index (χ3v) is 2.05. The van der Waals surface area contributed by atoms with Crippen LogP contribution in [0.25, 0.3) is 6.08 Å². The summed E-state index contributed by atoms with van der Waals surface area (Å²) in [5, 5.41) is 9.76. The number of phenolic OH excluding ortho intramolecular Hbond substituents is 1. The van der Waals surface area contributed by atoms with Gasteiger partial charge in [0.1, 0.15) is 0 Å². The van der Waals surface area contributed by atoms with Gasteiger partial charge in [-0.25, -0.2) is 0 Å². The zero-order valence-electron chi connectivity index (χ0n) is 9.03. The van der Waals surface area contributed by atoms with Crippen LogP contribution in [0.5, 0.6) is 23.0 Å². The standard InChI is InChI=1S/C11H14O4/c1-5-7-6-8(13-2)9(12)11(15-4)10(7)14-3/h5-6,12H,1H2,2-4H3. The van der Waals surface area contributed by atoms with E-state index in [1.807, 2.05) is 0 Å². The Kier molecular flexibility index (Phi) is 3.44. The highest BCUT2D eigenvalue weighted by Gasteiger charge is 2.18. The molecular weight excluding hydrogens is 196 g/mol. The first kappa shape index (κ1) is 11.2. The van der Waals surface area contributed by atoms with Crippen LogP contribution in [0.2, 0.25) is 0 Å². The predicted molar refractivity (Wildman–Crippen MR) is 57.9 cm³/mol. The highest BCUT2D eigenvalue weighted by atomic mass is 16.5. The Balaban J connectivity index is 3.49. The fourth-order valence-electron chi connectivity index (χ4n) is 1.33. The molecule has 0 aliphatic rings. The van der Waals surface area contributed by atoms with Crippen molar-refractivity contribution in [1.29, 1.82) is 0 Å². The number of aromatic hydroxyl groups is 1. The molecule has 1 rings (SSSR count). The van der Waals surface area contributed by atoms with Crippen molar-refractivity contribution >= 4 is 6.08 Å². The molecule has 0 amide bonds. The van der Waals surface area contributed by atoms with Gasteiger partial charge in [-0.2, -0.15) is 0 Å². The second-order valence-electron chi connectivity index (χ2n) is 2.79. The van der Waals surface area contributed by atoms with E-state index in [9.17, 15) is 5.11 Å². The van der Waals surface area contributed by atoms with Crippen molar-refractivity contribution in [2.45, 2.75) is 0 Å². The Morgan fingerprint density at radius 3 is 2.13 bits per heavy atom. The molecule has 0 saturated heterocycles. The van der Waals surface area contributed by atoms with Crippen molar-refractivity contribution in [3.8, 4) is 23.0 Å². The summed E-state index contributed by atoms with van der Waals surface area (Å²) in [5.74, 6) is 0.919. The number of phenols is 1. The van der Waals surface area contributed by atoms with Gasteiger partial charge in [0.15, 0.2) is 11.5 Å². The summed E-state index contributed by atoms with van der Waals surface area (Å²) in [4.78, 5) is 0. The Morgan fingerprint density at radius 1 is 1.13 bits per heavy atom. The first-order chi connectivity index (χ1) is 7.19. The molecule has 1 N–H and O–H groups in total. The minimum Gasteiger partial charge on any atom is -0.502 e. The zero-order valence-corrected chi connectivity index (χ0v) is 9.03. The van der Waals surface area contributed by atoms with Crippen LogP contribution in [0.15, 0.2) is 12.6 Å². The summed E-state index contributed by atoms with van der Waals surface area (Å²) in [6, 6.07) is 1.63. The molecule has 0 heterocycles. The number of methoxy groups -OCH3 is 3. The van der Waals surface area contributed by atoms with Crippen LogP contribution in [0.4, 0.5) is 0 Å². The van der Waals surface area contributed by atoms with Crippen LogP contribution in [0, 0.1) is 0 Å². The molecule has 0 atom stereocenters. The van der Waals surface area contributed by atoms with Gasteiger partial charge in [-0.05, 0) is 6.07 Å². The average molecular weight is 210 g/mol. The molecule has 0 spiro atoms. The molecule has 0 aromatic heterocycles. The van der Waals surface area contributed by atoms with Crippen LogP contribution in [0.3, 0.4) is 0 Å². The molecule has 1 aromatic carbocycles. The van der Waals surface area contributed by atoms with Gasteiger partial charge in [-0.15, -0.1) is 0 Å². The normalized spacial score (nSPS) is 9.53. The largest absolute Gasteiger partial charge is 0.502 e. The number of hydrogen-bond donors (Lipinski definition) is 1. The number of benzene rings is 1. The van der Waals surface area contributed by atoms with E-state index >= 15 is 0 Å². The molecule has 1 aromatic rings. The summed E-state index contributed by atoms with van der Waals surface area (Å²) < 4.78 is 15.2. The first-order valence-electron chi connectivity index (χ1n) is 4.33. The molecule has 0 radical (unpaired) electrons. The van der Waals surface area contributed by atoms with Gasteiger partial charge in [-0.3, -0.25) is 0 Å². The second-order valence-corrected chi connectivity index (χ2v) is 2.79. The molecule has 0 unspecified atom stereocenters. The lowest BCUT2D eigenvalue weighted by Crippen LogP contribution is -1.96. The monoisotopic (exact) mass is 210 g/mol. The lowest BCUT2D eigenvalue weighted by Gasteiger charge is -2.14. The fraction of sp³-hybridized carbons (Fsp3) is 0.273. The summed E-state index contributed by atoms with van der Waals surface area (Å²) >= 11 is 0. The molecular formula is C11H14O4.